The van der Waals surface area contributed by atoms with E-state index in [4.69, 9.17) is 21.9 Å². The average Bonchev–Trinajstić information content (AvgIpc) is 2.87. The number of hydrogen-bond acceptors (Lipinski definition) is 9. The van der Waals surface area contributed by atoms with Crippen molar-refractivity contribution in [1.29, 1.82) is 0 Å². The molecule has 12 heteroatoms. The van der Waals surface area contributed by atoms with Gasteiger partial charge < -0.3 is 32.6 Å². The number of aryl methyl sites for hydroxylation is 2. The first kappa shape index (κ1) is 29.3. The minimum absolute atomic E-state index is 0.00449. The summed E-state index contributed by atoms with van der Waals surface area (Å²) < 4.78 is 5.56. The SMILES string of the molecule is CNCCCCNC(=O)COc1ccc(CCC(C)CN=C(N)NC(=O)c2nc(C)c(N)nc2N)cc1. The first-order valence-electron chi connectivity index (χ1n) is 12.3. The van der Waals surface area contributed by atoms with Crippen LogP contribution in [0, 0.1) is 12.8 Å². The van der Waals surface area contributed by atoms with Crippen molar-refractivity contribution in [2.45, 2.75) is 39.5 Å². The van der Waals surface area contributed by atoms with Crippen LogP contribution in [0.1, 0.15) is 47.9 Å². The highest BCUT2D eigenvalue weighted by molar-refractivity contribution is 6.06. The lowest BCUT2D eigenvalue weighted by Crippen LogP contribution is -2.38. The van der Waals surface area contributed by atoms with Gasteiger partial charge >= 0.3 is 0 Å². The van der Waals surface area contributed by atoms with Gasteiger partial charge in [0.2, 0.25) is 0 Å². The molecule has 37 heavy (non-hydrogen) atoms. The zero-order chi connectivity index (χ0) is 27.2. The Kier molecular flexibility index (Phi) is 12.1. The molecule has 1 unspecified atom stereocenters. The van der Waals surface area contributed by atoms with E-state index in [0.717, 1.165) is 37.8 Å². The lowest BCUT2D eigenvalue weighted by Gasteiger charge is -2.11. The van der Waals surface area contributed by atoms with Crippen LogP contribution < -0.4 is 37.9 Å². The van der Waals surface area contributed by atoms with E-state index in [1.165, 1.54) is 0 Å². The van der Waals surface area contributed by atoms with Gasteiger partial charge in [0, 0.05) is 13.1 Å². The summed E-state index contributed by atoms with van der Waals surface area (Å²) in [4.78, 5) is 36.4. The van der Waals surface area contributed by atoms with E-state index in [1.54, 1.807) is 6.92 Å². The van der Waals surface area contributed by atoms with Crippen molar-refractivity contribution in [3.63, 3.8) is 0 Å². The van der Waals surface area contributed by atoms with Crippen molar-refractivity contribution in [1.82, 2.24) is 25.9 Å². The number of ether oxygens (including phenoxy) is 1. The fourth-order valence-electron chi connectivity index (χ4n) is 3.29. The molecule has 1 heterocycles. The number of anilines is 2. The Morgan fingerprint density at radius 3 is 2.49 bits per heavy atom. The molecule has 0 aliphatic heterocycles. The second-order valence-corrected chi connectivity index (χ2v) is 8.85. The van der Waals surface area contributed by atoms with Crippen molar-refractivity contribution in [3.8, 4) is 5.75 Å². The van der Waals surface area contributed by atoms with Gasteiger partial charge in [0.25, 0.3) is 11.8 Å². The molecule has 0 saturated carbocycles. The lowest BCUT2D eigenvalue weighted by atomic mass is 10.0. The van der Waals surface area contributed by atoms with Gasteiger partial charge in [-0.3, -0.25) is 19.9 Å². The number of benzene rings is 1. The summed E-state index contributed by atoms with van der Waals surface area (Å²) in [6.45, 7) is 5.71. The number of nitrogen functional groups attached to an aromatic ring is 2. The second-order valence-electron chi connectivity index (χ2n) is 8.85. The van der Waals surface area contributed by atoms with Crippen LogP contribution in [0.15, 0.2) is 29.3 Å². The van der Waals surface area contributed by atoms with E-state index in [2.05, 4.69) is 37.8 Å². The average molecular weight is 514 g/mol. The molecule has 1 aromatic heterocycles. The first-order valence-corrected chi connectivity index (χ1v) is 12.3. The van der Waals surface area contributed by atoms with Gasteiger partial charge in [-0.1, -0.05) is 19.1 Å². The van der Waals surface area contributed by atoms with Crippen LogP contribution in [0.3, 0.4) is 0 Å². The predicted molar refractivity (Wildman–Crippen MR) is 145 cm³/mol. The molecular formula is C25H39N9O3. The van der Waals surface area contributed by atoms with E-state index < -0.39 is 5.91 Å². The molecule has 0 saturated heterocycles. The maximum Gasteiger partial charge on any atom is 0.280 e. The van der Waals surface area contributed by atoms with Crippen LogP contribution in [0.4, 0.5) is 11.6 Å². The molecular weight excluding hydrogens is 474 g/mol. The summed E-state index contributed by atoms with van der Waals surface area (Å²) in [5, 5.41) is 8.41. The Bertz CT molecular complexity index is 1060. The maximum absolute atomic E-state index is 12.4. The Hall–Kier alpha value is -3.93. The zero-order valence-electron chi connectivity index (χ0n) is 21.8. The number of carbonyl (C=O) groups excluding carboxylic acids is 2. The molecule has 1 atom stereocenters. The van der Waals surface area contributed by atoms with Crippen LogP contribution in [-0.4, -0.2) is 61.0 Å². The fourth-order valence-corrected chi connectivity index (χ4v) is 3.29. The van der Waals surface area contributed by atoms with Crippen LogP contribution in [0.25, 0.3) is 0 Å². The normalized spacial score (nSPS) is 12.1. The van der Waals surface area contributed by atoms with Crippen molar-refractivity contribution in [2.24, 2.45) is 16.6 Å². The van der Waals surface area contributed by atoms with Crippen LogP contribution >= 0.6 is 0 Å². The highest BCUT2D eigenvalue weighted by Crippen LogP contribution is 2.16. The Labute approximate surface area is 217 Å². The lowest BCUT2D eigenvalue weighted by molar-refractivity contribution is -0.123. The zero-order valence-corrected chi connectivity index (χ0v) is 21.8. The summed E-state index contributed by atoms with van der Waals surface area (Å²) in [6, 6.07) is 7.68. The topological polar surface area (TPSA) is 196 Å². The quantitative estimate of drug-likeness (QED) is 0.120. The van der Waals surface area contributed by atoms with E-state index in [1.807, 2.05) is 31.3 Å². The predicted octanol–water partition coefficient (Wildman–Crippen LogP) is 0.757. The number of carbonyl (C=O) groups is 2. The molecule has 12 nitrogen and oxygen atoms in total. The highest BCUT2D eigenvalue weighted by atomic mass is 16.5. The van der Waals surface area contributed by atoms with E-state index in [-0.39, 0.29) is 41.7 Å². The van der Waals surface area contributed by atoms with Gasteiger partial charge in [0.15, 0.2) is 24.1 Å². The molecule has 0 aliphatic carbocycles. The molecule has 1 aromatic carbocycles. The number of aromatic nitrogens is 2. The number of nitrogens with zero attached hydrogens (tertiary/aromatic N) is 3. The molecule has 9 N–H and O–H groups in total. The summed E-state index contributed by atoms with van der Waals surface area (Å²) >= 11 is 0. The third kappa shape index (κ3) is 10.7. The largest absolute Gasteiger partial charge is 0.484 e. The van der Waals surface area contributed by atoms with Gasteiger partial charge in [-0.15, -0.1) is 0 Å². The van der Waals surface area contributed by atoms with Crippen LogP contribution in [-0.2, 0) is 11.2 Å². The Morgan fingerprint density at radius 1 is 1.08 bits per heavy atom. The van der Waals surface area contributed by atoms with E-state index >= 15 is 0 Å². The number of hydrogen-bond donors (Lipinski definition) is 6. The molecule has 0 aliphatic rings. The minimum atomic E-state index is -0.591. The second kappa shape index (κ2) is 15.2. The molecule has 0 spiro atoms. The van der Waals surface area contributed by atoms with Crippen molar-refractivity contribution in [3.05, 3.63) is 41.2 Å². The first-order chi connectivity index (χ1) is 17.7. The molecule has 0 fully saturated rings. The molecule has 0 bridgehead atoms. The summed E-state index contributed by atoms with van der Waals surface area (Å²) in [5.41, 5.74) is 18.7. The third-order valence-electron chi connectivity index (χ3n) is 5.56. The number of nitrogens with two attached hydrogens (primary N) is 3. The van der Waals surface area contributed by atoms with Gasteiger partial charge in [-0.2, -0.15) is 0 Å². The van der Waals surface area contributed by atoms with Crippen molar-refractivity contribution < 1.29 is 14.3 Å². The van der Waals surface area contributed by atoms with Gasteiger partial charge in [-0.25, -0.2) is 9.97 Å². The van der Waals surface area contributed by atoms with Crippen LogP contribution in [0.5, 0.6) is 5.75 Å². The van der Waals surface area contributed by atoms with Crippen molar-refractivity contribution >= 4 is 29.4 Å². The number of unbranched alkanes of at least 4 members (excludes halogenated alkanes) is 1. The number of rotatable bonds is 14. The monoisotopic (exact) mass is 513 g/mol. The molecule has 2 rings (SSSR count). The summed E-state index contributed by atoms with van der Waals surface area (Å²) in [7, 11) is 1.91. The van der Waals surface area contributed by atoms with E-state index in [0.29, 0.717) is 24.5 Å². The number of nitrogens with one attached hydrogen (secondary N) is 3. The molecule has 2 amide bonds. The minimum Gasteiger partial charge on any atom is -0.484 e. The molecule has 0 radical (unpaired) electrons. The molecule has 202 valence electrons. The number of amides is 2. The standard InChI is InChI=1S/C25H39N9O3/c1-16(14-31-25(28)34-24(36)21-23(27)33-22(26)17(2)32-21)6-7-18-8-10-19(11-9-18)37-15-20(35)30-13-5-4-12-29-3/h8-11,16,29H,4-7,12-15H2,1-3H3,(H,30,35)(H4,26,27,33)(H3,28,31,34,36). The van der Waals surface area contributed by atoms with Crippen LogP contribution in [0.2, 0.25) is 0 Å². The molecule has 2 aromatic rings. The highest BCUT2D eigenvalue weighted by Gasteiger charge is 2.16. The summed E-state index contributed by atoms with van der Waals surface area (Å²) in [5.74, 6) is 0.238. The third-order valence-corrected chi connectivity index (χ3v) is 5.56. The van der Waals surface area contributed by atoms with Gasteiger partial charge in [-0.05, 0) is 69.8 Å². The fraction of sp³-hybridized carbons (Fsp3) is 0.480. The van der Waals surface area contributed by atoms with Gasteiger partial charge in [0.1, 0.15) is 11.6 Å². The Balaban J connectivity index is 1.71. The smallest absolute Gasteiger partial charge is 0.280 e. The maximum atomic E-state index is 12.4. The van der Waals surface area contributed by atoms with Gasteiger partial charge in [0.05, 0.1) is 5.69 Å². The van der Waals surface area contributed by atoms with Crippen molar-refractivity contribution in [2.75, 3.05) is 44.8 Å². The van der Waals surface area contributed by atoms with E-state index in [9.17, 15) is 9.59 Å². The number of guanidine groups is 1. The Morgan fingerprint density at radius 2 is 1.78 bits per heavy atom. The summed E-state index contributed by atoms with van der Waals surface area (Å²) in [6.07, 6.45) is 3.66. The number of aliphatic imine (C=N–C) groups is 1.